The molecule has 0 bridgehead atoms. The summed E-state index contributed by atoms with van der Waals surface area (Å²) in [5.74, 6) is 1.16. The summed E-state index contributed by atoms with van der Waals surface area (Å²) in [5.41, 5.74) is 2.51. The molecule has 1 aromatic heterocycles. The van der Waals surface area contributed by atoms with Crippen LogP contribution in [0.25, 0.3) is 0 Å². The molecule has 0 amide bonds. The van der Waals surface area contributed by atoms with Gasteiger partial charge in [-0.15, -0.1) is 11.8 Å². The Kier molecular flexibility index (Phi) is 5.19. The second-order valence-electron chi connectivity index (χ2n) is 3.62. The number of nitrogens with zero attached hydrogens (tertiary/aromatic N) is 2. The van der Waals surface area contributed by atoms with Crippen LogP contribution in [0.3, 0.4) is 0 Å². The first-order chi connectivity index (χ1) is 7.20. The van der Waals surface area contributed by atoms with Gasteiger partial charge in [0.1, 0.15) is 0 Å². The van der Waals surface area contributed by atoms with Gasteiger partial charge in [-0.05, 0) is 25.6 Å². The van der Waals surface area contributed by atoms with Gasteiger partial charge in [-0.25, -0.2) is 0 Å². The summed E-state index contributed by atoms with van der Waals surface area (Å²) < 4.78 is 2.00. The van der Waals surface area contributed by atoms with Crippen molar-refractivity contribution in [1.29, 1.82) is 0 Å². The molecule has 0 atom stereocenters. The number of aryl methyl sites for hydroxylation is 2. The Morgan fingerprint density at radius 3 is 2.73 bits per heavy atom. The smallest absolute Gasteiger partial charge is 0.0984 e. The van der Waals surface area contributed by atoms with Crippen LogP contribution in [0, 0.1) is 6.92 Å². The van der Waals surface area contributed by atoms with Crippen molar-refractivity contribution >= 4 is 11.8 Å². The largest absolute Gasteiger partial charge is 0.313 e. The first-order valence-corrected chi connectivity index (χ1v) is 6.55. The average Bonchev–Trinajstić information content (AvgIpc) is 2.47. The zero-order valence-corrected chi connectivity index (χ0v) is 10.9. The van der Waals surface area contributed by atoms with E-state index in [1.165, 1.54) is 17.0 Å². The lowest BCUT2D eigenvalue weighted by Crippen LogP contribution is -2.12. The molecule has 1 N–H and O–H groups in total. The van der Waals surface area contributed by atoms with E-state index in [4.69, 9.17) is 0 Å². The van der Waals surface area contributed by atoms with E-state index in [1.54, 1.807) is 0 Å². The van der Waals surface area contributed by atoms with E-state index < -0.39 is 0 Å². The maximum atomic E-state index is 4.47. The highest BCUT2D eigenvalue weighted by Crippen LogP contribution is 2.25. The maximum Gasteiger partial charge on any atom is 0.0984 e. The van der Waals surface area contributed by atoms with Crippen molar-refractivity contribution < 1.29 is 0 Å². The highest BCUT2D eigenvalue weighted by Gasteiger charge is 2.12. The molecule has 0 unspecified atom stereocenters. The van der Waals surface area contributed by atoms with Gasteiger partial charge >= 0.3 is 0 Å². The van der Waals surface area contributed by atoms with E-state index in [0.29, 0.717) is 0 Å². The SMILES string of the molecule is CCCSc1c(CNCC)c(C)nn1C. The number of nitrogens with one attached hydrogen (secondary N) is 1. The van der Waals surface area contributed by atoms with E-state index in [2.05, 4.69) is 31.2 Å². The third-order valence-electron chi connectivity index (χ3n) is 2.28. The monoisotopic (exact) mass is 227 g/mol. The van der Waals surface area contributed by atoms with E-state index in [9.17, 15) is 0 Å². The quantitative estimate of drug-likeness (QED) is 0.757. The Bertz CT molecular complexity index is 279. The molecule has 0 fully saturated rings. The van der Waals surface area contributed by atoms with Gasteiger partial charge in [0, 0.05) is 19.2 Å². The van der Waals surface area contributed by atoms with Crippen LogP contribution in [0.4, 0.5) is 0 Å². The highest BCUT2D eigenvalue weighted by atomic mass is 32.2. The lowest BCUT2D eigenvalue weighted by molar-refractivity contribution is 0.673. The zero-order chi connectivity index (χ0) is 11.3. The fraction of sp³-hybridized carbons (Fsp3) is 0.727. The van der Waals surface area contributed by atoms with Crippen LogP contribution in [0.15, 0.2) is 5.03 Å². The van der Waals surface area contributed by atoms with Crippen molar-refractivity contribution in [1.82, 2.24) is 15.1 Å². The molecule has 1 aromatic rings. The van der Waals surface area contributed by atoms with Crippen LogP contribution in [-0.2, 0) is 13.6 Å². The molecule has 0 aliphatic carbocycles. The van der Waals surface area contributed by atoms with Crippen LogP contribution in [0.2, 0.25) is 0 Å². The van der Waals surface area contributed by atoms with Gasteiger partial charge in [-0.3, -0.25) is 4.68 Å². The number of rotatable bonds is 6. The summed E-state index contributed by atoms with van der Waals surface area (Å²) in [5, 5.41) is 9.16. The molecule has 1 rings (SSSR count). The normalized spacial score (nSPS) is 10.9. The minimum atomic E-state index is 0.933. The molecule has 1 heterocycles. The lowest BCUT2D eigenvalue weighted by Gasteiger charge is -2.05. The molecule has 0 radical (unpaired) electrons. The molecule has 0 aromatic carbocycles. The molecule has 0 saturated carbocycles. The van der Waals surface area contributed by atoms with Crippen molar-refractivity contribution in [3.05, 3.63) is 11.3 Å². The molecule has 86 valence electrons. The number of hydrogen-bond acceptors (Lipinski definition) is 3. The minimum Gasteiger partial charge on any atom is -0.313 e. The summed E-state index contributed by atoms with van der Waals surface area (Å²) in [6.07, 6.45) is 1.20. The van der Waals surface area contributed by atoms with Gasteiger partial charge in [0.25, 0.3) is 0 Å². The third-order valence-corrected chi connectivity index (χ3v) is 3.68. The molecular formula is C11H21N3S. The van der Waals surface area contributed by atoms with Gasteiger partial charge in [0.2, 0.25) is 0 Å². The molecular weight excluding hydrogens is 206 g/mol. The van der Waals surface area contributed by atoms with Crippen LogP contribution < -0.4 is 5.32 Å². The Hall–Kier alpha value is -0.480. The Morgan fingerprint density at radius 1 is 1.40 bits per heavy atom. The predicted molar refractivity (Wildman–Crippen MR) is 66.3 cm³/mol. The number of thioether (sulfide) groups is 1. The Labute approximate surface area is 96.6 Å². The summed E-state index contributed by atoms with van der Waals surface area (Å²) in [6.45, 7) is 8.36. The second-order valence-corrected chi connectivity index (χ2v) is 4.71. The molecule has 15 heavy (non-hydrogen) atoms. The predicted octanol–water partition coefficient (Wildman–Crippen LogP) is 2.34. The fourth-order valence-electron chi connectivity index (χ4n) is 1.51. The minimum absolute atomic E-state index is 0.933. The van der Waals surface area contributed by atoms with Gasteiger partial charge < -0.3 is 5.32 Å². The molecule has 0 aliphatic rings. The first kappa shape index (κ1) is 12.6. The summed E-state index contributed by atoms with van der Waals surface area (Å²) in [4.78, 5) is 0. The van der Waals surface area contributed by atoms with Gasteiger partial charge in [0.15, 0.2) is 0 Å². The van der Waals surface area contributed by atoms with Crippen molar-refractivity contribution in [2.75, 3.05) is 12.3 Å². The second kappa shape index (κ2) is 6.18. The van der Waals surface area contributed by atoms with Crippen LogP contribution in [0.5, 0.6) is 0 Å². The van der Waals surface area contributed by atoms with E-state index >= 15 is 0 Å². The van der Waals surface area contributed by atoms with Crippen molar-refractivity contribution in [3.63, 3.8) is 0 Å². The van der Waals surface area contributed by atoms with Crippen LogP contribution in [0.1, 0.15) is 31.5 Å². The summed E-state index contributed by atoms with van der Waals surface area (Å²) in [6, 6.07) is 0. The van der Waals surface area contributed by atoms with E-state index in [0.717, 1.165) is 24.5 Å². The van der Waals surface area contributed by atoms with Gasteiger partial charge in [-0.2, -0.15) is 5.10 Å². The fourth-order valence-corrected chi connectivity index (χ4v) is 2.53. The lowest BCUT2D eigenvalue weighted by atomic mass is 10.2. The zero-order valence-electron chi connectivity index (χ0n) is 10.1. The van der Waals surface area contributed by atoms with E-state index in [-0.39, 0.29) is 0 Å². The molecule has 0 saturated heterocycles. The van der Waals surface area contributed by atoms with Gasteiger partial charge in [0.05, 0.1) is 10.7 Å². The van der Waals surface area contributed by atoms with Crippen molar-refractivity contribution in [2.45, 2.75) is 38.8 Å². The molecule has 0 spiro atoms. The Balaban J connectivity index is 2.80. The molecule has 0 aliphatic heterocycles. The molecule has 4 heteroatoms. The van der Waals surface area contributed by atoms with E-state index in [1.807, 2.05) is 23.5 Å². The summed E-state index contributed by atoms with van der Waals surface area (Å²) >= 11 is 1.91. The highest BCUT2D eigenvalue weighted by molar-refractivity contribution is 7.99. The Morgan fingerprint density at radius 2 is 2.13 bits per heavy atom. The van der Waals surface area contributed by atoms with Gasteiger partial charge in [-0.1, -0.05) is 13.8 Å². The summed E-state index contributed by atoms with van der Waals surface area (Å²) in [7, 11) is 2.03. The number of aromatic nitrogens is 2. The maximum absolute atomic E-state index is 4.47. The number of hydrogen-bond donors (Lipinski definition) is 1. The molecule has 3 nitrogen and oxygen atoms in total. The van der Waals surface area contributed by atoms with Crippen molar-refractivity contribution in [2.24, 2.45) is 7.05 Å². The average molecular weight is 227 g/mol. The third kappa shape index (κ3) is 3.24. The topological polar surface area (TPSA) is 29.9 Å². The standard InChI is InChI=1S/C11H21N3S/c1-5-7-15-11-10(8-12-6-2)9(3)13-14(11)4/h12H,5-8H2,1-4H3. The first-order valence-electron chi connectivity index (χ1n) is 5.56. The van der Waals surface area contributed by atoms with Crippen LogP contribution in [-0.4, -0.2) is 22.1 Å². The van der Waals surface area contributed by atoms with Crippen LogP contribution >= 0.6 is 11.8 Å². The van der Waals surface area contributed by atoms with Crippen molar-refractivity contribution in [3.8, 4) is 0 Å².